The van der Waals surface area contributed by atoms with Gasteiger partial charge in [-0.05, 0) is 102 Å². The van der Waals surface area contributed by atoms with Gasteiger partial charge in [0.25, 0.3) is 0 Å². The minimum Gasteiger partial charge on any atom is -0.504 e. The molecule has 3 rings (SSSR count). The molecule has 72 heavy (non-hydrogen) atoms. The van der Waals surface area contributed by atoms with Gasteiger partial charge in [-0.15, -0.1) is 0 Å². The van der Waals surface area contributed by atoms with E-state index in [-0.39, 0.29) is 34.7 Å². The first-order valence-electron chi connectivity index (χ1n) is 26.5. The molecular weight excluding hydrogens is 923 g/mol. The van der Waals surface area contributed by atoms with Crippen molar-refractivity contribution in [3.05, 3.63) is 98.6 Å². The number of aromatic nitrogens is 2. The van der Waals surface area contributed by atoms with Crippen molar-refractivity contribution in [1.29, 1.82) is 0 Å². The van der Waals surface area contributed by atoms with Crippen molar-refractivity contribution < 1.29 is 28.7 Å². The fourth-order valence-electron chi connectivity index (χ4n) is 4.81. The average molecular weight is 1030 g/mol. The van der Waals surface area contributed by atoms with E-state index >= 15 is 0 Å². The van der Waals surface area contributed by atoms with Crippen molar-refractivity contribution in [3.63, 3.8) is 0 Å². The smallest absolute Gasteiger partial charge is 0.184 e. The molecular formula is C61H104ClFN4O5. The van der Waals surface area contributed by atoms with Crippen LogP contribution in [-0.4, -0.2) is 57.8 Å². The monoisotopic (exact) mass is 1030 g/mol. The second kappa shape index (κ2) is 52.6. The quantitative estimate of drug-likeness (QED) is 0.0692. The lowest BCUT2D eigenvalue weighted by molar-refractivity contribution is -0.120. The number of alkyl halides is 1. The largest absolute Gasteiger partial charge is 0.504 e. The molecule has 1 N–H and O–H groups in total. The fourth-order valence-corrected chi connectivity index (χ4v) is 5.00. The first-order valence-corrected chi connectivity index (χ1v) is 26.9. The van der Waals surface area contributed by atoms with Gasteiger partial charge in [0.15, 0.2) is 28.8 Å². The number of allylic oxidation sites excluding steroid dienone is 2. The third-order valence-electron chi connectivity index (χ3n) is 10.3. The number of Topliss-reactive ketones (excluding diaryl/α,β-unsaturated/α-hetero) is 4. The molecule has 1 atom stereocenters. The lowest BCUT2D eigenvalue weighted by Gasteiger charge is -2.09. The summed E-state index contributed by atoms with van der Waals surface area (Å²) in [7, 11) is 1.67. The molecule has 1 unspecified atom stereocenters. The third-order valence-corrected chi connectivity index (χ3v) is 10.7. The number of ketones is 4. The topological polar surface area (TPSA) is 139 Å². The zero-order valence-electron chi connectivity index (χ0n) is 49.7. The van der Waals surface area contributed by atoms with Crippen LogP contribution >= 0.6 is 11.6 Å². The van der Waals surface area contributed by atoms with Gasteiger partial charge in [0.1, 0.15) is 24.1 Å². The maximum absolute atomic E-state index is 12.7. The highest BCUT2D eigenvalue weighted by molar-refractivity contribution is 6.31. The van der Waals surface area contributed by atoms with Gasteiger partial charge in [-0.3, -0.25) is 24.2 Å². The van der Waals surface area contributed by atoms with Crippen LogP contribution in [-0.2, 0) is 16.0 Å². The van der Waals surface area contributed by atoms with E-state index in [9.17, 15) is 28.7 Å². The molecule has 0 amide bonds. The van der Waals surface area contributed by atoms with Crippen LogP contribution in [0.3, 0.4) is 0 Å². The highest BCUT2D eigenvalue weighted by Crippen LogP contribution is 2.23. The van der Waals surface area contributed by atoms with Gasteiger partial charge in [0, 0.05) is 48.4 Å². The van der Waals surface area contributed by atoms with Crippen LogP contribution in [0.1, 0.15) is 257 Å². The van der Waals surface area contributed by atoms with Crippen LogP contribution in [0, 0.1) is 25.7 Å². The minimum absolute atomic E-state index is 0.0856. The van der Waals surface area contributed by atoms with E-state index in [1.807, 2.05) is 58.9 Å². The van der Waals surface area contributed by atoms with Gasteiger partial charge in [-0.1, -0.05) is 190 Å². The minimum atomic E-state index is -0.937. The predicted molar refractivity (Wildman–Crippen MR) is 313 cm³/mol. The summed E-state index contributed by atoms with van der Waals surface area (Å²) in [6.45, 7) is 44.9. The zero-order valence-corrected chi connectivity index (χ0v) is 50.4. The number of hydrogen-bond acceptors (Lipinski definition) is 8. The number of halogens is 2. The van der Waals surface area contributed by atoms with Crippen molar-refractivity contribution in [1.82, 2.24) is 9.97 Å². The lowest BCUT2D eigenvalue weighted by atomic mass is 9.97. The van der Waals surface area contributed by atoms with Crippen LogP contribution in [0.5, 0.6) is 5.75 Å². The van der Waals surface area contributed by atoms with Gasteiger partial charge in [0.2, 0.25) is 0 Å². The molecule has 0 aliphatic rings. The number of unbranched alkanes of at least 4 members (excludes halogenated alkanes) is 3. The number of aliphatic imine (C=N–C) groups is 2. The summed E-state index contributed by atoms with van der Waals surface area (Å²) in [5, 5.41) is 9.98. The molecule has 0 aliphatic heterocycles. The van der Waals surface area contributed by atoms with Crippen molar-refractivity contribution >= 4 is 47.3 Å². The highest BCUT2D eigenvalue weighted by atomic mass is 35.5. The Bertz CT molecular complexity index is 1920. The van der Waals surface area contributed by atoms with E-state index in [1.165, 1.54) is 51.8 Å². The summed E-state index contributed by atoms with van der Waals surface area (Å²) in [6.07, 6.45) is 15.1. The number of aryl methyl sites for hydroxylation is 3. The number of amidine groups is 1. The number of carbonyl (C=O) groups is 4. The zero-order chi connectivity index (χ0) is 57.4. The summed E-state index contributed by atoms with van der Waals surface area (Å²) < 4.78 is 12.7. The van der Waals surface area contributed by atoms with Crippen LogP contribution in [0.2, 0.25) is 5.02 Å². The van der Waals surface area contributed by atoms with Crippen LogP contribution in [0.4, 0.5) is 4.39 Å². The standard InChI is InChI=1S/C15H20N2O.C9H10ClF.C8H10N2O2.C8H16.2C5H10O.2C4H10.C3H8/c1-5-6-7-12-8-9-13(15(16-3)17-4)10-14(12)11(2)18;1-6-3-4-8(7(2)11)5-9(6)10;1-3-6(11)7-8(12)5(2)9-4-10-7;1-5-8(6-2)7(3)4;1-4(2)5(3)6;1-3-5(6)4-2;2*1-3-4-2;1-3-2/h8-10H,3,5-7H2,1-2,4H3;3-5,7H,1-2H3;4,12H,3H2,1-2H3;5,7H,6H2,1-4H3;4H,1-3H3;3-4H2,1-2H3;2*3-4H2,1-2H3;3H2,1-2H3/b;;;8-5+;;;;;. The summed E-state index contributed by atoms with van der Waals surface area (Å²) in [5.74, 6) is 1.93. The molecule has 9 nitrogen and oxygen atoms in total. The Labute approximate surface area is 445 Å². The fraction of sp³-hybridized carbons (Fsp3) is 0.607. The van der Waals surface area contributed by atoms with E-state index in [0.29, 0.717) is 47.2 Å². The average Bonchev–Trinajstić information content (AvgIpc) is 3.36. The summed E-state index contributed by atoms with van der Waals surface area (Å²) >= 11 is 5.79. The van der Waals surface area contributed by atoms with E-state index < -0.39 is 6.17 Å². The number of nitrogens with zero attached hydrogens (tertiary/aromatic N) is 4. The van der Waals surface area contributed by atoms with E-state index in [1.54, 1.807) is 52.4 Å². The number of aromatic hydroxyl groups is 1. The van der Waals surface area contributed by atoms with Crippen molar-refractivity contribution in [3.8, 4) is 5.75 Å². The van der Waals surface area contributed by atoms with Gasteiger partial charge in [-0.2, -0.15) is 0 Å². The maximum atomic E-state index is 12.7. The van der Waals surface area contributed by atoms with Crippen molar-refractivity contribution in [2.24, 2.45) is 21.8 Å². The molecule has 3 aromatic rings. The van der Waals surface area contributed by atoms with Crippen molar-refractivity contribution in [2.75, 3.05) is 7.05 Å². The van der Waals surface area contributed by atoms with Gasteiger partial charge >= 0.3 is 0 Å². The lowest BCUT2D eigenvalue weighted by Crippen LogP contribution is -2.04. The maximum Gasteiger partial charge on any atom is 0.184 e. The Morgan fingerprint density at radius 2 is 1.25 bits per heavy atom. The molecule has 11 heteroatoms. The molecule has 0 saturated heterocycles. The normalized spacial score (nSPS) is 10.5. The number of benzene rings is 2. The molecule has 0 radical (unpaired) electrons. The summed E-state index contributed by atoms with van der Waals surface area (Å²) in [6, 6.07) is 11.1. The second-order valence-corrected chi connectivity index (χ2v) is 17.8. The Balaban J connectivity index is -0.000000180. The molecule has 0 aliphatic carbocycles. The van der Waals surface area contributed by atoms with Gasteiger partial charge < -0.3 is 5.11 Å². The first kappa shape index (κ1) is 78.7. The molecule has 0 saturated carbocycles. The highest BCUT2D eigenvalue weighted by Gasteiger charge is 2.13. The molecule has 412 valence electrons. The Kier molecular flexibility index (Phi) is 57.5. The SMILES string of the molecule is C/C=C(\CC)C(C)C.C=NC(=NC)c1ccc(CCCC)c(C(C)=O)c1.CC(=O)C(C)C.CCC.CCC(=O)CC.CCC(=O)c1ncnc(C)c1O.CCCC.CCCC.Cc1ccc(C(C)F)cc1Cl. The molecule has 0 spiro atoms. The second-order valence-electron chi connectivity index (χ2n) is 17.4. The number of carbonyl (C=O) groups excluding carboxylic acids is 4. The van der Waals surface area contributed by atoms with E-state index in [4.69, 9.17) is 11.6 Å². The molecule has 0 fully saturated rings. The first-order chi connectivity index (χ1) is 33.8. The van der Waals surface area contributed by atoms with Crippen LogP contribution in [0.25, 0.3) is 0 Å². The van der Waals surface area contributed by atoms with E-state index in [0.717, 1.165) is 47.4 Å². The molecule has 1 heterocycles. The number of rotatable bonds is 15. The predicted octanol–water partition coefficient (Wildman–Crippen LogP) is 18.7. The van der Waals surface area contributed by atoms with E-state index in [2.05, 4.69) is 109 Å². The van der Waals surface area contributed by atoms with Gasteiger partial charge in [-0.25, -0.2) is 19.4 Å². The molecule has 1 aromatic heterocycles. The van der Waals surface area contributed by atoms with Crippen LogP contribution in [0.15, 0.2) is 64.4 Å². The molecule has 2 aromatic carbocycles. The number of hydrogen-bond donors (Lipinski definition) is 1. The summed E-state index contributed by atoms with van der Waals surface area (Å²) in [4.78, 5) is 58.5. The summed E-state index contributed by atoms with van der Waals surface area (Å²) in [5.41, 5.74) is 6.45. The Hall–Kier alpha value is -4.70. The van der Waals surface area contributed by atoms with Crippen LogP contribution < -0.4 is 0 Å². The van der Waals surface area contributed by atoms with Gasteiger partial charge in [0.05, 0.1) is 5.69 Å². The Morgan fingerprint density at radius 3 is 1.54 bits per heavy atom. The Morgan fingerprint density at radius 1 is 0.750 bits per heavy atom. The van der Waals surface area contributed by atoms with Crippen molar-refractivity contribution in [2.45, 2.75) is 229 Å². The third kappa shape index (κ3) is 42.9. The molecule has 0 bridgehead atoms.